The summed E-state index contributed by atoms with van der Waals surface area (Å²) in [7, 11) is 1.83. The van der Waals surface area contributed by atoms with Crippen LogP contribution in [0.2, 0.25) is 10.0 Å². The lowest BCUT2D eigenvalue weighted by atomic mass is 10.0. The van der Waals surface area contributed by atoms with Crippen molar-refractivity contribution in [3.63, 3.8) is 0 Å². The number of halogens is 5. The molecule has 1 aliphatic heterocycles. The highest BCUT2D eigenvalue weighted by molar-refractivity contribution is 6.32. The van der Waals surface area contributed by atoms with Crippen molar-refractivity contribution < 1.29 is 18.0 Å². The fourth-order valence-corrected chi connectivity index (χ4v) is 4.07. The van der Waals surface area contributed by atoms with Gasteiger partial charge in [-0.25, -0.2) is 4.79 Å². The second-order valence-corrected chi connectivity index (χ2v) is 8.32. The van der Waals surface area contributed by atoms with Crippen molar-refractivity contribution in [1.82, 2.24) is 19.7 Å². The number of nitrogens with one attached hydrogen (secondary N) is 1. The van der Waals surface area contributed by atoms with Gasteiger partial charge >= 0.3 is 12.2 Å². The van der Waals surface area contributed by atoms with Crippen LogP contribution in [-0.2, 0) is 13.2 Å². The Hall–Kier alpha value is -3.04. The molecule has 0 spiro atoms. The van der Waals surface area contributed by atoms with Crippen molar-refractivity contribution in [2.75, 3.05) is 18.4 Å². The van der Waals surface area contributed by atoms with Gasteiger partial charge in [0.05, 0.1) is 27.5 Å². The van der Waals surface area contributed by atoms with Gasteiger partial charge in [-0.2, -0.15) is 18.3 Å². The number of pyridine rings is 1. The third-order valence-corrected chi connectivity index (χ3v) is 5.81. The maximum absolute atomic E-state index is 12.8. The zero-order chi connectivity index (χ0) is 23.8. The molecule has 0 saturated carbocycles. The third kappa shape index (κ3) is 5.15. The van der Waals surface area contributed by atoms with Gasteiger partial charge in [-0.05, 0) is 36.3 Å². The van der Waals surface area contributed by atoms with E-state index in [4.69, 9.17) is 23.2 Å². The molecule has 1 aliphatic rings. The van der Waals surface area contributed by atoms with Gasteiger partial charge in [0.25, 0.3) is 0 Å². The van der Waals surface area contributed by atoms with Crippen molar-refractivity contribution in [3.05, 3.63) is 70.2 Å². The minimum absolute atomic E-state index is 0.184. The van der Waals surface area contributed by atoms with Crippen LogP contribution in [0, 0.1) is 0 Å². The Bertz CT molecular complexity index is 1240. The van der Waals surface area contributed by atoms with Gasteiger partial charge < -0.3 is 10.2 Å². The van der Waals surface area contributed by atoms with Gasteiger partial charge in [0.2, 0.25) is 0 Å². The van der Waals surface area contributed by atoms with Gasteiger partial charge in [-0.1, -0.05) is 29.3 Å². The molecule has 4 rings (SSSR count). The Morgan fingerprint density at radius 3 is 2.48 bits per heavy atom. The predicted octanol–water partition coefficient (Wildman–Crippen LogP) is 6.13. The van der Waals surface area contributed by atoms with E-state index in [1.165, 1.54) is 11.0 Å². The van der Waals surface area contributed by atoms with Crippen molar-refractivity contribution in [2.45, 2.75) is 12.6 Å². The Balaban J connectivity index is 1.42. The lowest BCUT2D eigenvalue weighted by molar-refractivity contribution is -0.137. The molecule has 3 aromatic rings. The number of aryl methyl sites for hydroxylation is 1. The Morgan fingerprint density at radius 1 is 1.12 bits per heavy atom. The quantitative estimate of drug-likeness (QED) is 0.475. The number of carbonyl (C=O) groups excluding carboxylic acids is 1. The molecule has 6 nitrogen and oxygen atoms in total. The van der Waals surface area contributed by atoms with Crippen LogP contribution >= 0.6 is 23.2 Å². The average molecular weight is 496 g/mol. The molecule has 3 heterocycles. The molecule has 2 amide bonds. The van der Waals surface area contributed by atoms with Gasteiger partial charge in [-0.3, -0.25) is 9.67 Å². The summed E-state index contributed by atoms with van der Waals surface area (Å²) in [4.78, 5) is 18.6. The summed E-state index contributed by atoms with van der Waals surface area (Å²) >= 11 is 12.2. The number of aromatic nitrogens is 3. The second-order valence-electron chi connectivity index (χ2n) is 7.51. The summed E-state index contributed by atoms with van der Waals surface area (Å²) in [6, 6.07) is 4.49. The monoisotopic (exact) mass is 495 g/mol. The number of carbonyl (C=O) groups is 1. The number of amides is 2. The highest BCUT2D eigenvalue weighted by Crippen LogP contribution is 2.36. The number of nitrogens with zero attached hydrogens (tertiary/aromatic N) is 4. The molecule has 0 aliphatic carbocycles. The van der Waals surface area contributed by atoms with E-state index in [0.717, 1.165) is 28.8 Å². The number of urea groups is 1. The number of anilines is 1. The summed E-state index contributed by atoms with van der Waals surface area (Å²) in [5.74, 6) is 0. The number of hydrogen-bond acceptors (Lipinski definition) is 3. The Kier molecular flexibility index (Phi) is 6.36. The highest BCUT2D eigenvalue weighted by atomic mass is 35.5. The topological polar surface area (TPSA) is 63.1 Å². The molecule has 33 heavy (non-hydrogen) atoms. The fourth-order valence-electron chi connectivity index (χ4n) is 3.50. The fraction of sp³-hybridized carbons (Fsp3) is 0.227. The van der Waals surface area contributed by atoms with Crippen molar-refractivity contribution in [3.8, 4) is 11.1 Å². The first-order valence-corrected chi connectivity index (χ1v) is 10.6. The zero-order valence-electron chi connectivity index (χ0n) is 17.3. The summed E-state index contributed by atoms with van der Waals surface area (Å²) in [6.45, 7) is 0.701. The second kappa shape index (κ2) is 9.07. The molecule has 0 radical (unpaired) electrons. The Morgan fingerprint density at radius 2 is 1.91 bits per heavy atom. The molecule has 172 valence electrons. The molecule has 0 saturated heterocycles. The maximum Gasteiger partial charge on any atom is 0.417 e. The molecule has 11 heteroatoms. The minimum Gasteiger partial charge on any atom is -0.320 e. The molecule has 0 bridgehead atoms. The number of benzene rings is 1. The lowest BCUT2D eigenvalue weighted by Crippen LogP contribution is -2.38. The van der Waals surface area contributed by atoms with Gasteiger partial charge in [0.1, 0.15) is 0 Å². The molecular weight excluding hydrogens is 478 g/mol. The van der Waals surface area contributed by atoms with E-state index in [-0.39, 0.29) is 5.69 Å². The SMILES string of the molecule is Cn1cc(-c2cnc(C3=CCN(C(=O)Nc4ccc(C(F)(F)F)c(Cl)c4)CC3)c(Cl)c2)cn1. The van der Waals surface area contributed by atoms with Gasteiger partial charge in [-0.15, -0.1) is 0 Å². The van der Waals surface area contributed by atoms with Crippen molar-refractivity contribution in [2.24, 2.45) is 7.05 Å². The molecular formula is C22H18Cl2F3N5O. The van der Waals surface area contributed by atoms with E-state index in [2.05, 4.69) is 15.4 Å². The number of alkyl halides is 3. The van der Waals surface area contributed by atoms with E-state index in [1.807, 2.05) is 25.4 Å². The van der Waals surface area contributed by atoms with E-state index in [9.17, 15) is 18.0 Å². The van der Waals surface area contributed by atoms with Crippen LogP contribution in [0.4, 0.5) is 23.7 Å². The van der Waals surface area contributed by atoms with Crippen LogP contribution in [-0.4, -0.2) is 38.8 Å². The van der Waals surface area contributed by atoms with Crippen LogP contribution in [0.5, 0.6) is 0 Å². The summed E-state index contributed by atoms with van der Waals surface area (Å²) in [5, 5.41) is 6.75. The lowest BCUT2D eigenvalue weighted by Gasteiger charge is -2.27. The molecule has 2 aromatic heterocycles. The Labute approximate surface area is 197 Å². The first kappa shape index (κ1) is 23.1. The van der Waals surface area contributed by atoms with Crippen molar-refractivity contribution in [1.29, 1.82) is 0 Å². The van der Waals surface area contributed by atoms with Crippen LogP contribution < -0.4 is 5.32 Å². The summed E-state index contributed by atoms with van der Waals surface area (Å²) in [6.07, 6.45) is 3.16. The number of hydrogen-bond donors (Lipinski definition) is 1. The zero-order valence-corrected chi connectivity index (χ0v) is 18.8. The first-order valence-electron chi connectivity index (χ1n) is 9.88. The minimum atomic E-state index is -4.56. The van der Waals surface area contributed by atoms with Crippen LogP contribution in [0.25, 0.3) is 16.7 Å². The van der Waals surface area contributed by atoms with Crippen LogP contribution in [0.3, 0.4) is 0 Å². The van der Waals surface area contributed by atoms with E-state index >= 15 is 0 Å². The van der Waals surface area contributed by atoms with Crippen LogP contribution in [0.1, 0.15) is 17.7 Å². The highest BCUT2D eigenvalue weighted by Gasteiger charge is 2.33. The smallest absolute Gasteiger partial charge is 0.320 e. The first-order chi connectivity index (χ1) is 15.6. The molecule has 0 unspecified atom stereocenters. The van der Waals surface area contributed by atoms with E-state index in [1.54, 1.807) is 17.1 Å². The molecule has 1 aromatic carbocycles. The standard InChI is InChI=1S/C22H18Cl2F3N5O/c1-31-12-15(11-29-31)14-8-19(24)20(28-10-14)13-4-6-32(7-5-13)21(33)30-16-2-3-17(18(23)9-16)22(25,26)27/h2-4,8-12H,5-7H2,1H3,(H,30,33). The van der Waals surface area contributed by atoms with Gasteiger partial charge in [0, 0.05) is 49.3 Å². The third-order valence-electron chi connectivity index (χ3n) is 5.21. The molecule has 0 atom stereocenters. The van der Waals surface area contributed by atoms with E-state index < -0.39 is 22.8 Å². The average Bonchev–Trinajstić information content (AvgIpc) is 3.19. The van der Waals surface area contributed by atoms with Crippen molar-refractivity contribution >= 4 is 40.5 Å². The predicted molar refractivity (Wildman–Crippen MR) is 121 cm³/mol. The van der Waals surface area contributed by atoms with Gasteiger partial charge in [0.15, 0.2) is 0 Å². The summed E-state index contributed by atoms with van der Waals surface area (Å²) in [5.41, 5.74) is 2.56. The normalized spacial score (nSPS) is 14.2. The summed E-state index contributed by atoms with van der Waals surface area (Å²) < 4.78 is 40.2. The van der Waals surface area contributed by atoms with Crippen LogP contribution in [0.15, 0.2) is 48.9 Å². The largest absolute Gasteiger partial charge is 0.417 e. The number of rotatable bonds is 3. The molecule has 1 N–H and O–H groups in total. The maximum atomic E-state index is 12.8. The van der Waals surface area contributed by atoms with E-state index in [0.29, 0.717) is 30.2 Å². The molecule has 0 fully saturated rings.